The van der Waals surface area contributed by atoms with Crippen LogP contribution >= 0.6 is 27.5 Å². The number of aromatic nitrogens is 2. The largest absolute Gasteiger partial charge is 0.379 e. The van der Waals surface area contributed by atoms with E-state index in [-0.39, 0.29) is 0 Å². The molecule has 1 aromatic heterocycles. The Kier molecular flexibility index (Phi) is 3.56. The van der Waals surface area contributed by atoms with Crippen molar-refractivity contribution in [1.29, 1.82) is 0 Å². The standard InChI is InChI=1S/C11H12BrN3S/c1-7-3-9(4-8(2)11(7)12)13-5-10-6-16-15-14-10/h3-4,6,13H,5H2,1-2H3. The summed E-state index contributed by atoms with van der Waals surface area (Å²) in [4.78, 5) is 0. The van der Waals surface area contributed by atoms with Crippen molar-refractivity contribution in [2.75, 3.05) is 5.32 Å². The molecule has 1 N–H and O–H groups in total. The van der Waals surface area contributed by atoms with Crippen LogP contribution in [0.15, 0.2) is 22.0 Å². The zero-order valence-corrected chi connectivity index (χ0v) is 11.5. The summed E-state index contributed by atoms with van der Waals surface area (Å²) in [5.41, 5.74) is 4.56. The van der Waals surface area contributed by atoms with E-state index in [1.165, 1.54) is 27.1 Å². The Morgan fingerprint density at radius 2 is 2.00 bits per heavy atom. The van der Waals surface area contributed by atoms with Crippen LogP contribution in [-0.4, -0.2) is 9.59 Å². The molecule has 0 aliphatic rings. The lowest BCUT2D eigenvalue weighted by Crippen LogP contribution is -2.00. The second-order valence-electron chi connectivity index (χ2n) is 3.67. The highest BCUT2D eigenvalue weighted by Gasteiger charge is 2.02. The summed E-state index contributed by atoms with van der Waals surface area (Å²) in [6.45, 7) is 4.90. The zero-order valence-electron chi connectivity index (χ0n) is 9.12. The van der Waals surface area contributed by atoms with Gasteiger partial charge in [0.15, 0.2) is 0 Å². The van der Waals surface area contributed by atoms with Crippen LogP contribution < -0.4 is 5.32 Å². The number of rotatable bonds is 3. The van der Waals surface area contributed by atoms with Crippen LogP contribution in [0.3, 0.4) is 0 Å². The lowest BCUT2D eigenvalue weighted by molar-refractivity contribution is 0.998. The molecular weight excluding hydrogens is 286 g/mol. The molecule has 0 spiro atoms. The van der Waals surface area contributed by atoms with E-state index < -0.39 is 0 Å². The van der Waals surface area contributed by atoms with Crippen molar-refractivity contribution in [2.24, 2.45) is 0 Å². The Morgan fingerprint density at radius 3 is 2.56 bits per heavy atom. The van der Waals surface area contributed by atoms with Gasteiger partial charge in [0, 0.05) is 15.5 Å². The van der Waals surface area contributed by atoms with Gasteiger partial charge in [0.25, 0.3) is 0 Å². The summed E-state index contributed by atoms with van der Waals surface area (Å²) in [6.07, 6.45) is 0. The van der Waals surface area contributed by atoms with E-state index in [0.29, 0.717) is 0 Å². The molecule has 0 fully saturated rings. The molecule has 3 nitrogen and oxygen atoms in total. The van der Waals surface area contributed by atoms with Crippen molar-refractivity contribution >= 4 is 33.1 Å². The summed E-state index contributed by atoms with van der Waals surface area (Å²) < 4.78 is 5.00. The minimum absolute atomic E-state index is 0.719. The van der Waals surface area contributed by atoms with Crippen molar-refractivity contribution in [3.63, 3.8) is 0 Å². The molecule has 0 radical (unpaired) electrons. The molecule has 0 atom stereocenters. The molecule has 84 valence electrons. The van der Waals surface area contributed by atoms with Crippen LogP contribution in [0.1, 0.15) is 16.8 Å². The van der Waals surface area contributed by atoms with Gasteiger partial charge < -0.3 is 5.32 Å². The first kappa shape index (κ1) is 11.5. The quantitative estimate of drug-likeness (QED) is 0.942. The summed E-state index contributed by atoms with van der Waals surface area (Å²) in [5.74, 6) is 0. The highest BCUT2D eigenvalue weighted by Crippen LogP contribution is 2.25. The monoisotopic (exact) mass is 297 g/mol. The molecular formula is C11H12BrN3S. The van der Waals surface area contributed by atoms with Crippen LogP contribution in [0, 0.1) is 13.8 Å². The average Bonchev–Trinajstić information content (AvgIpc) is 2.75. The molecule has 2 rings (SSSR count). The van der Waals surface area contributed by atoms with Gasteiger partial charge in [0.1, 0.15) is 0 Å². The first-order valence-electron chi connectivity index (χ1n) is 4.93. The summed E-state index contributed by atoms with van der Waals surface area (Å²) in [6, 6.07) is 4.24. The molecule has 0 aliphatic heterocycles. The number of benzene rings is 1. The van der Waals surface area contributed by atoms with Crippen LogP contribution in [-0.2, 0) is 6.54 Å². The summed E-state index contributed by atoms with van der Waals surface area (Å²) in [7, 11) is 0. The first-order chi connectivity index (χ1) is 7.66. The van der Waals surface area contributed by atoms with Crippen molar-refractivity contribution in [2.45, 2.75) is 20.4 Å². The van der Waals surface area contributed by atoms with Crippen molar-refractivity contribution in [3.05, 3.63) is 38.8 Å². The molecule has 5 heteroatoms. The number of halogens is 1. The van der Waals surface area contributed by atoms with Crippen molar-refractivity contribution in [3.8, 4) is 0 Å². The third-order valence-electron chi connectivity index (χ3n) is 2.32. The smallest absolute Gasteiger partial charge is 0.0946 e. The average molecular weight is 298 g/mol. The Bertz CT molecular complexity index is 459. The van der Waals surface area contributed by atoms with Gasteiger partial charge in [-0.3, -0.25) is 0 Å². The van der Waals surface area contributed by atoms with Gasteiger partial charge in [-0.2, -0.15) is 0 Å². The topological polar surface area (TPSA) is 37.8 Å². The number of anilines is 1. The highest BCUT2D eigenvalue weighted by molar-refractivity contribution is 9.10. The Labute approximate surface area is 107 Å². The number of hydrogen-bond donors (Lipinski definition) is 1. The Morgan fingerprint density at radius 1 is 1.31 bits per heavy atom. The van der Waals surface area contributed by atoms with Crippen LogP contribution in [0.25, 0.3) is 0 Å². The lowest BCUT2D eigenvalue weighted by atomic mass is 10.1. The molecule has 0 bridgehead atoms. The van der Waals surface area contributed by atoms with E-state index >= 15 is 0 Å². The molecule has 0 unspecified atom stereocenters. The van der Waals surface area contributed by atoms with E-state index in [4.69, 9.17) is 0 Å². The van der Waals surface area contributed by atoms with Gasteiger partial charge in [0.2, 0.25) is 0 Å². The predicted molar refractivity (Wildman–Crippen MR) is 70.9 cm³/mol. The van der Waals surface area contributed by atoms with Gasteiger partial charge in [0.05, 0.1) is 12.2 Å². The number of nitrogens with one attached hydrogen (secondary N) is 1. The predicted octanol–water partition coefficient (Wildman–Crippen LogP) is 3.53. The normalized spacial score (nSPS) is 10.4. The molecule has 0 saturated heterocycles. The molecule has 1 aromatic carbocycles. The molecule has 0 aliphatic carbocycles. The molecule has 0 amide bonds. The Hall–Kier alpha value is -0.940. The van der Waals surface area contributed by atoms with Crippen molar-refractivity contribution in [1.82, 2.24) is 9.59 Å². The minimum Gasteiger partial charge on any atom is -0.379 e. The summed E-state index contributed by atoms with van der Waals surface area (Å²) >= 11 is 4.93. The lowest BCUT2D eigenvalue weighted by Gasteiger charge is -2.09. The Balaban J connectivity index is 2.10. The molecule has 2 aromatic rings. The first-order valence-corrected chi connectivity index (χ1v) is 6.56. The maximum absolute atomic E-state index is 3.99. The molecule has 0 saturated carbocycles. The minimum atomic E-state index is 0.719. The number of hydrogen-bond acceptors (Lipinski definition) is 4. The number of aryl methyl sites for hydroxylation is 2. The van der Waals surface area contributed by atoms with Crippen molar-refractivity contribution < 1.29 is 0 Å². The van der Waals surface area contributed by atoms with E-state index in [9.17, 15) is 0 Å². The third kappa shape index (κ3) is 2.59. The molecule has 16 heavy (non-hydrogen) atoms. The highest BCUT2D eigenvalue weighted by atomic mass is 79.9. The summed E-state index contributed by atoms with van der Waals surface area (Å²) in [5, 5.41) is 9.28. The fraction of sp³-hybridized carbons (Fsp3) is 0.273. The van der Waals surface area contributed by atoms with E-state index in [1.807, 2.05) is 5.38 Å². The SMILES string of the molecule is Cc1cc(NCc2csnn2)cc(C)c1Br. The van der Waals surface area contributed by atoms with Gasteiger partial charge >= 0.3 is 0 Å². The van der Waals surface area contributed by atoms with Crippen LogP contribution in [0.2, 0.25) is 0 Å². The third-order valence-corrected chi connectivity index (χ3v) is 4.12. The number of nitrogens with zero attached hydrogens (tertiary/aromatic N) is 2. The van der Waals surface area contributed by atoms with E-state index in [0.717, 1.165) is 17.9 Å². The maximum Gasteiger partial charge on any atom is 0.0946 e. The van der Waals surface area contributed by atoms with E-state index in [1.54, 1.807) is 0 Å². The van der Waals surface area contributed by atoms with Crippen LogP contribution in [0.5, 0.6) is 0 Å². The fourth-order valence-corrected chi connectivity index (χ4v) is 2.18. The van der Waals surface area contributed by atoms with Gasteiger partial charge in [-0.05, 0) is 48.6 Å². The fourth-order valence-electron chi connectivity index (χ4n) is 1.50. The maximum atomic E-state index is 3.99. The van der Waals surface area contributed by atoms with E-state index in [2.05, 4.69) is 56.8 Å². The molecule has 1 heterocycles. The van der Waals surface area contributed by atoms with Gasteiger partial charge in [-0.1, -0.05) is 20.4 Å². The van der Waals surface area contributed by atoms with Gasteiger partial charge in [-0.15, -0.1) is 5.10 Å². The van der Waals surface area contributed by atoms with Gasteiger partial charge in [-0.25, -0.2) is 0 Å². The van der Waals surface area contributed by atoms with Crippen LogP contribution in [0.4, 0.5) is 5.69 Å². The second-order valence-corrected chi connectivity index (χ2v) is 5.08. The zero-order chi connectivity index (χ0) is 11.5. The second kappa shape index (κ2) is 4.93.